The van der Waals surface area contributed by atoms with E-state index in [4.69, 9.17) is 9.88 Å². The highest BCUT2D eigenvalue weighted by Gasteiger charge is 2.16. The van der Waals surface area contributed by atoms with Crippen LogP contribution in [-0.4, -0.2) is 34.1 Å². The monoisotopic (exact) mass is 300 g/mol. The number of nitrogens with two attached hydrogens (primary N) is 1. The molecule has 0 saturated heterocycles. The van der Waals surface area contributed by atoms with Gasteiger partial charge in [-0.1, -0.05) is 6.92 Å². The van der Waals surface area contributed by atoms with Crippen LogP contribution in [0.3, 0.4) is 0 Å². The van der Waals surface area contributed by atoms with Crippen LogP contribution in [0.4, 0.5) is 0 Å². The first-order chi connectivity index (χ1) is 9.27. The number of hydrogen-bond donors (Lipinski definition) is 2. The molecule has 1 aromatic carbocycles. The Labute approximate surface area is 119 Å². The zero-order valence-corrected chi connectivity index (χ0v) is 12.7. The molecule has 1 rings (SSSR count). The number of benzene rings is 1. The highest BCUT2D eigenvalue weighted by molar-refractivity contribution is 7.89. The summed E-state index contributed by atoms with van der Waals surface area (Å²) >= 11 is 0. The van der Waals surface area contributed by atoms with Crippen LogP contribution in [0.2, 0.25) is 0 Å². The number of hydrogen-bond acceptors (Lipinski definition) is 4. The Morgan fingerprint density at radius 1 is 1.40 bits per heavy atom. The maximum Gasteiger partial charge on any atom is 0.251 e. The van der Waals surface area contributed by atoms with Gasteiger partial charge in [0.2, 0.25) is 10.0 Å². The zero-order chi connectivity index (χ0) is 15.3. The van der Waals surface area contributed by atoms with E-state index in [0.717, 1.165) is 0 Å². The molecule has 0 aliphatic heterocycles. The Kier molecular flexibility index (Phi) is 5.67. The van der Waals surface area contributed by atoms with Crippen LogP contribution in [0.15, 0.2) is 23.1 Å². The fourth-order valence-electron chi connectivity index (χ4n) is 1.77. The number of ether oxygens (including phenoxy) is 1. The molecule has 6 nitrogen and oxygen atoms in total. The average Bonchev–Trinajstić information content (AvgIpc) is 2.36. The van der Waals surface area contributed by atoms with Crippen molar-refractivity contribution in [3.05, 3.63) is 29.3 Å². The van der Waals surface area contributed by atoms with Crippen molar-refractivity contribution in [1.82, 2.24) is 5.32 Å². The minimum atomic E-state index is -3.83. The van der Waals surface area contributed by atoms with Gasteiger partial charge in [0.15, 0.2) is 0 Å². The molecule has 7 heteroatoms. The molecule has 1 unspecified atom stereocenters. The second kappa shape index (κ2) is 6.83. The molecule has 0 radical (unpaired) electrons. The first-order valence-electron chi connectivity index (χ1n) is 6.22. The molecule has 0 heterocycles. The number of amides is 1. The maximum absolute atomic E-state index is 12.1. The Morgan fingerprint density at radius 3 is 2.55 bits per heavy atom. The summed E-state index contributed by atoms with van der Waals surface area (Å²) in [6, 6.07) is 4.20. The Balaban J connectivity index is 3.02. The van der Waals surface area contributed by atoms with Gasteiger partial charge in [0.25, 0.3) is 5.91 Å². The largest absolute Gasteiger partial charge is 0.383 e. The number of sulfonamides is 1. The lowest BCUT2D eigenvalue weighted by Gasteiger charge is -2.16. The highest BCUT2D eigenvalue weighted by atomic mass is 32.2. The van der Waals surface area contributed by atoms with Crippen LogP contribution in [0, 0.1) is 6.92 Å². The van der Waals surface area contributed by atoms with Crippen molar-refractivity contribution in [2.75, 3.05) is 13.7 Å². The van der Waals surface area contributed by atoms with E-state index in [9.17, 15) is 13.2 Å². The van der Waals surface area contributed by atoms with Gasteiger partial charge in [0.1, 0.15) is 0 Å². The summed E-state index contributed by atoms with van der Waals surface area (Å²) in [6.45, 7) is 4.03. The smallest absolute Gasteiger partial charge is 0.251 e. The van der Waals surface area contributed by atoms with Gasteiger partial charge in [-0.25, -0.2) is 13.6 Å². The first kappa shape index (κ1) is 16.6. The first-order valence-corrected chi connectivity index (χ1v) is 7.76. The van der Waals surface area contributed by atoms with Crippen molar-refractivity contribution in [3.63, 3.8) is 0 Å². The van der Waals surface area contributed by atoms with Crippen LogP contribution in [-0.2, 0) is 14.8 Å². The zero-order valence-electron chi connectivity index (χ0n) is 11.8. The van der Waals surface area contributed by atoms with Crippen molar-refractivity contribution in [2.45, 2.75) is 31.2 Å². The standard InChI is InChI=1S/C13H20N2O4S/c1-4-11(8-19-3)15-13(16)10-5-9(2)6-12(7-10)20(14,17)18/h5-7,11H,4,8H2,1-3H3,(H,15,16)(H2,14,17,18). The van der Waals surface area contributed by atoms with E-state index in [1.54, 1.807) is 20.1 Å². The molecule has 0 aromatic heterocycles. The van der Waals surface area contributed by atoms with Crippen molar-refractivity contribution in [2.24, 2.45) is 5.14 Å². The van der Waals surface area contributed by atoms with Crippen molar-refractivity contribution in [3.8, 4) is 0 Å². The van der Waals surface area contributed by atoms with E-state index in [-0.39, 0.29) is 22.4 Å². The van der Waals surface area contributed by atoms with Crippen molar-refractivity contribution in [1.29, 1.82) is 0 Å². The lowest BCUT2D eigenvalue weighted by Crippen LogP contribution is -2.37. The second-order valence-electron chi connectivity index (χ2n) is 4.61. The van der Waals surface area contributed by atoms with Crippen LogP contribution >= 0.6 is 0 Å². The summed E-state index contributed by atoms with van der Waals surface area (Å²) in [6.07, 6.45) is 0.716. The van der Waals surface area contributed by atoms with Crippen molar-refractivity contribution < 1.29 is 17.9 Å². The van der Waals surface area contributed by atoms with Gasteiger partial charge in [-0.05, 0) is 37.1 Å². The lowest BCUT2D eigenvalue weighted by molar-refractivity contribution is 0.0894. The molecule has 0 bridgehead atoms. The molecule has 1 aromatic rings. The van der Waals surface area contributed by atoms with Gasteiger partial charge in [0, 0.05) is 12.7 Å². The molecular weight excluding hydrogens is 280 g/mol. The van der Waals surface area contributed by atoms with E-state index in [0.29, 0.717) is 18.6 Å². The molecule has 0 fully saturated rings. The number of aryl methyl sites for hydroxylation is 1. The van der Waals surface area contributed by atoms with Gasteiger partial charge in [-0.3, -0.25) is 4.79 Å². The number of nitrogens with one attached hydrogen (secondary N) is 1. The molecule has 0 saturated carbocycles. The molecule has 112 valence electrons. The summed E-state index contributed by atoms with van der Waals surface area (Å²) in [5.74, 6) is -0.345. The minimum absolute atomic E-state index is 0.0672. The van der Waals surface area contributed by atoms with Crippen LogP contribution in [0.5, 0.6) is 0 Å². The molecule has 0 spiro atoms. The summed E-state index contributed by atoms with van der Waals surface area (Å²) in [5, 5.41) is 7.88. The lowest BCUT2D eigenvalue weighted by atomic mass is 10.1. The third kappa shape index (κ3) is 4.59. The SMILES string of the molecule is CCC(COC)NC(=O)c1cc(C)cc(S(N)(=O)=O)c1. The fourth-order valence-corrected chi connectivity index (χ4v) is 2.42. The summed E-state index contributed by atoms with van der Waals surface area (Å²) in [4.78, 5) is 12.1. The quantitative estimate of drug-likeness (QED) is 0.811. The van der Waals surface area contributed by atoms with Crippen LogP contribution < -0.4 is 10.5 Å². The molecule has 1 atom stereocenters. The Morgan fingerprint density at radius 2 is 2.05 bits per heavy atom. The normalized spacial score (nSPS) is 13.0. The van der Waals surface area contributed by atoms with Gasteiger partial charge in [0.05, 0.1) is 17.5 Å². The van der Waals surface area contributed by atoms with E-state index in [2.05, 4.69) is 5.32 Å². The predicted molar refractivity (Wildman–Crippen MR) is 76.0 cm³/mol. The van der Waals surface area contributed by atoms with Crippen LogP contribution in [0.1, 0.15) is 29.3 Å². The third-order valence-corrected chi connectivity index (χ3v) is 3.73. The molecule has 0 aliphatic carbocycles. The summed E-state index contributed by atoms with van der Waals surface area (Å²) in [7, 11) is -2.27. The molecular formula is C13H20N2O4S. The van der Waals surface area contributed by atoms with Gasteiger partial charge < -0.3 is 10.1 Å². The van der Waals surface area contributed by atoms with Gasteiger partial charge in [-0.2, -0.15) is 0 Å². The number of carbonyl (C=O) groups is 1. The summed E-state index contributed by atoms with van der Waals surface area (Å²) in [5.41, 5.74) is 0.921. The predicted octanol–water partition coefficient (Wildman–Crippen LogP) is 0.797. The Bertz CT molecular complexity index is 584. The topological polar surface area (TPSA) is 98.5 Å². The minimum Gasteiger partial charge on any atom is -0.383 e. The average molecular weight is 300 g/mol. The molecule has 0 aliphatic rings. The maximum atomic E-state index is 12.1. The van der Waals surface area contributed by atoms with Crippen LogP contribution in [0.25, 0.3) is 0 Å². The number of primary sulfonamides is 1. The molecule has 3 N–H and O–H groups in total. The number of carbonyl (C=O) groups excluding carboxylic acids is 1. The molecule has 1 amide bonds. The molecule has 20 heavy (non-hydrogen) atoms. The van der Waals surface area contributed by atoms with Gasteiger partial charge >= 0.3 is 0 Å². The summed E-state index contributed by atoms with van der Waals surface area (Å²) < 4.78 is 27.7. The number of rotatable bonds is 6. The Hall–Kier alpha value is -1.44. The van der Waals surface area contributed by atoms with E-state index in [1.807, 2.05) is 6.92 Å². The van der Waals surface area contributed by atoms with E-state index >= 15 is 0 Å². The second-order valence-corrected chi connectivity index (χ2v) is 6.18. The fraction of sp³-hybridized carbons (Fsp3) is 0.462. The van der Waals surface area contributed by atoms with Gasteiger partial charge in [-0.15, -0.1) is 0 Å². The van der Waals surface area contributed by atoms with E-state index < -0.39 is 10.0 Å². The van der Waals surface area contributed by atoms with E-state index in [1.165, 1.54) is 12.1 Å². The number of methoxy groups -OCH3 is 1. The van der Waals surface area contributed by atoms with Crippen molar-refractivity contribution >= 4 is 15.9 Å². The third-order valence-electron chi connectivity index (χ3n) is 2.84. The highest BCUT2D eigenvalue weighted by Crippen LogP contribution is 2.14.